The van der Waals surface area contributed by atoms with E-state index in [9.17, 15) is 4.79 Å². The van der Waals surface area contributed by atoms with Crippen LogP contribution in [-0.2, 0) is 0 Å². The third kappa shape index (κ3) is 2.82. The van der Waals surface area contributed by atoms with E-state index in [-0.39, 0.29) is 12.0 Å². The maximum absolute atomic E-state index is 12.6. The number of benzene rings is 1. The number of aromatic nitrogens is 2. The van der Waals surface area contributed by atoms with Gasteiger partial charge in [0.15, 0.2) is 0 Å². The number of hydrogen-bond acceptors (Lipinski definition) is 5. The summed E-state index contributed by atoms with van der Waals surface area (Å²) in [5, 5.41) is 10.0. The molecule has 4 rings (SSSR count). The second-order valence-corrected chi connectivity index (χ2v) is 6.05. The Bertz CT molecular complexity index is 1020. The van der Waals surface area contributed by atoms with Gasteiger partial charge in [0.05, 0.1) is 20.2 Å². The number of H-pyrrole nitrogens is 1. The average Bonchev–Trinajstić information content (AvgIpc) is 3.07. The van der Waals surface area contributed by atoms with Crippen molar-refractivity contribution in [2.24, 2.45) is 0 Å². The van der Waals surface area contributed by atoms with Crippen LogP contribution in [0.4, 0.5) is 0 Å². The maximum Gasteiger partial charge on any atom is 0.270 e. The van der Waals surface area contributed by atoms with Gasteiger partial charge >= 0.3 is 0 Å². The molecule has 0 spiro atoms. The van der Waals surface area contributed by atoms with Gasteiger partial charge in [0.25, 0.3) is 5.91 Å². The number of likely N-dealkylation sites (tertiary alicyclic amines) is 1. The van der Waals surface area contributed by atoms with Crippen molar-refractivity contribution in [3.05, 3.63) is 53.9 Å². The zero-order valence-corrected chi connectivity index (χ0v) is 14.1. The Kier molecular flexibility index (Phi) is 3.93. The number of amides is 1. The molecule has 130 valence electrons. The number of hydrogen-bond donors (Lipinski definition) is 1. The predicted molar refractivity (Wildman–Crippen MR) is 94.1 cm³/mol. The third-order valence-corrected chi connectivity index (χ3v) is 4.37. The number of nitrogens with zero attached hydrogens (tertiary/aromatic N) is 3. The van der Waals surface area contributed by atoms with Gasteiger partial charge in [-0.2, -0.15) is 5.26 Å². The summed E-state index contributed by atoms with van der Waals surface area (Å²) in [5.74, 6) is 0.964. The Labute approximate surface area is 149 Å². The zero-order valence-electron chi connectivity index (χ0n) is 14.1. The van der Waals surface area contributed by atoms with E-state index in [1.165, 1.54) is 0 Å². The first kappa shape index (κ1) is 16.0. The molecule has 3 aromatic rings. The normalized spacial score (nSPS) is 13.9. The molecule has 1 saturated heterocycles. The summed E-state index contributed by atoms with van der Waals surface area (Å²) in [4.78, 5) is 21.5. The molecular formula is C19H16N4O3. The van der Waals surface area contributed by atoms with Crippen molar-refractivity contribution in [2.45, 2.75) is 6.10 Å². The molecule has 2 aromatic heterocycles. The number of rotatable bonds is 4. The molecule has 0 radical (unpaired) electrons. The number of methoxy groups -OCH3 is 1. The van der Waals surface area contributed by atoms with Gasteiger partial charge in [-0.05, 0) is 30.3 Å². The summed E-state index contributed by atoms with van der Waals surface area (Å²) >= 11 is 0. The SMILES string of the molecule is COc1ccc2cc(C(=O)N3CC(Oc4ncccc4C#N)C3)[nH]c2c1. The van der Waals surface area contributed by atoms with Crippen LogP contribution in [0.25, 0.3) is 10.9 Å². The van der Waals surface area contributed by atoms with Crippen molar-refractivity contribution < 1.29 is 14.3 Å². The lowest BCUT2D eigenvalue weighted by molar-refractivity contribution is 0.0155. The number of fused-ring (bicyclic) bond motifs is 1. The summed E-state index contributed by atoms with van der Waals surface area (Å²) in [6.45, 7) is 0.915. The molecule has 26 heavy (non-hydrogen) atoms. The van der Waals surface area contributed by atoms with Crippen molar-refractivity contribution >= 4 is 16.8 Å². The van der Waals surface area contributed by atoms with Gasteiger partial charge in [-0.25, -0.2) is 4.98 Å². The number of aromatic amines is 1. The lowest BCUT2D eigenvalue weighted by Gasteiger charge is -2.38. The molecule has 3 heterocycles. The van der Waals surface area contributed by atoms with Crippen LogP contribution in [0, 0.1) is 11.3 Å². The van der Waals surface area contributed by atoms with E-state index >= 15 is 0 Å². The van der Waals surface area contributed by atoms with Crippen LogP contribution < -0.4 is 9.47 Å². The monoisotopic (exact) mass is 348 g/mol. The molecule has 7 heteroatoms. The van der Waals surface area contributed by atoms with Crippen LogP contribution in [0.2, 0.25) is 0 Å². The Morgan fingerprint density at radius 1 is 1.35 bits per heavy atom. The van der Waals surface area contributed by atoms with Crippen molar-refractivity contribution in [1.29, 1.82) is 5.26 Å². The van der Waals surface area contributed by atoms with Crippen molar-refractivity contribution in [2.75, 3.05) is 20.2 Å². The molecule has 0 unspecified atom stereocenters. The Hall–Kier alpha value is -3.53. The van der Waals surface area contributed by atoms with E-state index in [0.29, 0.717) is 30.2 Å². The highest BCUT2D eigenvalue weighted by Crippen LogP contribution is 2.24. The summed E-state index contributed by atoms with van der Waals surface area (Å²) < 4.78 is 10.9. The van der Waals surface area contributed by atoms with E-state index in [4.69, 9.17) is 14.7 Å². The summed E-state index contributed by atoms with van der Waals surface area (Å²) in [7, 11) is 1.61. The van der Waals surface area contributed by atoms with Crippen molar-refractivity contribution in [3.8, 4) is 17.7 Å². The molecule has 1 aromatic carbocycles. The molecule has 1 aliphatic rings. The minimum Gasteiger partial charge on any atom is -0.497 e. The zero-order chi connectivity index (χ0) is 18.1. The fraction of sp³-hybridized carbons (Fsp3) is 0.211. The van der Waals surface area contributed by atoms with Gasteiger partial charge in [0.1, 0.15) is 29.2 Å². The smallest absolute Gasteiger partial charge is 0.270 e. The highest BCUT2D eigenvalue weighted by Gasteiger charge is 2.34. The lowest BCUT2D eigenvalue weighted by Crippen LogP contribution is -2.56. The number of pyridine rings is 1. The van der Waals surface area contributed by atoms with Gasteiger partial charge in [-0.3, -0.25) is 4.79 Å². The molecule has 0 aliphatic carbocycles. The summed E-state index contributed by atoms with van der Waals surface area (Å²) in [6, 6.07) is 12.9. The second kappa shape index (κ2) is 6.41. The van der Waals surface area contributed by atoms with Crippen LogP contribution in [0.3, 0.4) is 0 Å². The topological polar surface area (TPSA) is 91.2 Å². The first-order chi connectivity index (χ1) is 12.7. The van der Waals surface area contributed by atoms with Crippen LogP contribution in [-0.4, -0.2) is 47.1 Å². The summed E-state index contributed by atoms with van der Waals surface area (Å²) in [5.41, 5.74) is 1.78. The van der Waals surface area contributed by atoms with E-state index in [0.717, 1.165) is 16.7 Å². The fourth-order valence-electron chi connectivity index (χ4n) is 2.92. The quantitative estimate of drug-likeness (QED) is 0.781. The molecule has 1 N–H and O–H groups in total. The van der Waals surface area contributed by atoms with E-state index in [2.05, 4.69) is 9.97 Å². The molecule has 0 bridgehead atoms. The maximum atomic E-state index is 12.6. The standard InChI is InChI=1S/C19H16N4O3/c1-25-14-5-4-12-7-17(22-16(12)8-14)19(24)23-10-15(11-23)26-18-13(9-20)3-2-6-21-18/h2-8,15,22H,10-11H2,1H3. The Morgan fingerprint density at radius 3 is 2.96 bits per heavy atom. The first-order valence-electron chi connectivity index (χ1n) is 8.16. The van der Waals surface area contributed by atoms with E-state index < -0.39 is 0 Å². The Morgan fingerprint density at radius 2 is 2.19 bits per heavy atom. The van der Waals surface area contributed by atoms with Crippen LogP contribution in [0.15, 0.2) is 42.6 Å². The van der Waals surface area contributed by atoms with Gasteiger partial charge in [-0.15, -0.1) is 0 Å². The van der Waals surface area contributed by atoms with Crippen LogP contribution >= 0.6 is 0 Å². The first-order valence-corrected chi connectivity index (χ1v) is 8.16. The molecule has 1 fully saturated rings. The van der Waals surface area contributed by atoms with Crippen LogP contribution in [0.5, 0.6) is 11.6 Å². The van der Waals surface area contributed by atoms with E-state index in [1.54, 1.807) is 30.3 Å². The van der Waals surface area contributed by atoms with E-state index in [1.807, 2.05) is 30.3 Å². The molecule has 0 saturated carbocycles. The molecule has 0 atom stereocenters. The molecule has 7 nitrogen and oxygen atoms in total. The molecule has 1 amide bonds. The van der Waals surface area contributed by atoms with Gasteiger partial charge < -0.3 is 19.4 Å². The van der Waals surface area contributed by atoms with Gasteiger partial charge in [-0.1, -0.05) is 0 Å². The Balaban J connectivity index is 1.42. The number of nitrogens with one attached hydrogen (secondary N) is 1. The number of carbonyl (C=O) groups is 1. The largest absolute Gasteiger partial charge is 0.497 e. The predicted octanol–water partition coefficient (Wildman–Crippen LogP) is 2.35. The number of ether oxygens (including phenoxy) is 2. The number of nitriles is 1. The lowest BCUT2D eigenvalue weighted by atomic mass is 10.1. The fourth-order valence-corrected chi connectivity index (χ4v) is 2.92. The van der Waals surface area contributed by atoms with Gasteiger partial charge in [0.2, 0.25) is 5.88 Å². The molecule has 1 aliphatic heterocycles. The highest BCUT2D eigenvalue weighted by atomic mass is 16.5. The van der Waals surface area contributed by atoms with Crippen LogP contribution in [0.1, 0.15) is 16.1 Å². The van der Waals surface area contributed by atoms with Crippen molar-refractivity contribution in [1.82, 2.24) is 14.9 Å². The molecular weight excluding hydrogens is 332 g/mol. The second-order valence-electron chi connectivity index (χ2n) is 6.05. The minimum absolute atomic E-state index is 0.0819. The van der Waals surface area contributed by atoms with Gasteiger partial charge in [0, 0.05) is 23.2 Å². The number of carbonyl (C=O) groups excluding carboxylic acids is 1. The average molecular weight is 348 g/mol. The van der Waals surface area contributed by atoms with Crippen molar-refractivity contribution in [3.63, 3.8) is 0 Å². The highest BCUT2D eigenvalue weighted by molar-refractivity contribution is 5.98. The third-order valence-electron chi connectivity index (χ3n) is 4.37. The minimum atomic E-state index is -0.162. The summed E-state index contributed by atoms with van der Waals surface area (Å²) in [6.07, 6.45) is 1.42.